The molecule has 0 aromatic heterocycles. The largest absolute Gasteiger partial charge is 0.504 e. The molecule has 0 saturated heterocycles. The number of ether oxygens (including phenoxy) is 3. The minimum atomic E-state index is -0.593. The van der Waals surface area contributed by atoms with Gasteiger partial charge in [0.15, 0.2) is 23.0 Å². The summed E-state index contributed by atoms with van der Waals surface area (Å²) in [4.78, 5) is 2.27. The molecule has 0 saturated carbocycles. The summed E-state index contributed by atoms with van der Waals surface area (Å²) in [5.74, 6) is 2.11. The summed E-state index contributed by atoms with van der Waals surface area (Å²) >= 11 is 0. The Hall–Kier alpha value is -2.62. The van der Waals surface area contributed by atoms with Crippen molar-refractivity contribution in [1.29, 1.82) is 5.26 Å². The number of benzene rings is 2. The molecule has 1 atom stereocenters. The lowest BCUT2D eigenvalue weighted by molar-refractivity contribution is 0.292. The number of nitrogens with zero attached hydrogens (tertiary/aromatic N) is 2. The highest BCUT2D eigenvalue weighted by atomic mass is 35.5. The van der Waals surface area contributed by atoms with E-state index in [1.807, 2.05) is 30.3 Å². The zero-order chi connectivity index (χ0) is 23.7. The van der Waals surface area contributed by atoms with E-state index in [1.165, 1.54) is 0 Å². The summed E-state index contributed by atoms with van der Waals surface area (Å²) in [6, 6.07) is 13.9. The summed E-state index contributed by atoms with van der Waals surface area (Å²) in [7, 11) is 6.88. The fourth-order valence-corrected chi connectivity index (χ4v) is 4.07. The van der Waals surface area contributed by atoms with Crippen molar-refractivity contribution in [3.8, 4) is 29.1 Å². The maximum absolute atomic E-state index is 10.2. The average Bonchev–Trinajstić information content (AvgIpc) is 2.80. The first-order valence-corrected chi connectivity index (χ1v) is 11.0. The summed E-state index contributed by atoms with van der Waals surface area (Å²) < 4.78 is 16.0. The molecule has 2 aromatic carbocycles. The second-order valence-corrected chi connectivity index (χ2v) is 8.47. The second kappa shape index (κ2) is 13.2. The molecule has 0 spiro atoms. The second-order valence-electron chi connectivity index (χ2n) is 8.47. The Balaban J connectivity index is 0.00000544. The lowest BCUT2D eigenvalue weighted by atomic mass is 9.69. The third-order valence-corrected chi connectivity index (χ3v) is 6.22. The van der Waals surface area contributed by atoms with Crippen molar-refractivity contribution in [3.05, 3.63) is 47.5 Å². The van der Waals surface area contributed by atoms with Gasteiger partial charge in [-0.1, -0.05) is 26.0 Å². The molecule has 2 rings (SSSR count). The van der Waals surface area contributed by atoms with E-state index in [0.29, 0.717) is 17.2 Å². The predicted molar refractivity (Wildman–Crippen MR) is 134 cm³/mol. The predicted octanol–water partition coefficient (Wildman–Crippen LogP) is 5.21. The normalized spacial score (nSPS) is 12.6. The topological polar surface area (TPSA) is 75.0 Å². The third kappa shape index (κ3) is 6.93. The lowest BCUT2D eigenvalue weighted by Crippen LogP contribution is -2.32. The molecule has 1 N–H and O–H groups in total. The molecular formula is C26H37ClN2O4. The molecule has 0 aliphatic heterocycles. The monoisotopic (exact) mass is 476 g/mol. The Morgan fingerprint density at radius 1 is 0.970 bits per heavy atom. The fraction of sp³-hybridized carbons (Fsp3) is 0.500. The molecule has 0 bridgehead atoms. The van der Waals surface area contributed by atoms with Crippen molar-refractivity contribution in [1.82, 2.24) is 4.90 Å². The number of rotatable bonds is 12. The zero-order valence-corrected chi connectivity index (χ0v) is 21.4. The number of halogens is 1. The van der Waals surface area contributed by atoms with Gasteiger partial charge in [0.2, 0.25) is 0 Å². The van der Waals surface area contributed by atoms with Gasteiger partial charge in [0.25, 0.3) is 0 Å². The summed E-state index contributed by atoms with van der Waals surface area (Å²) in [6.07, 6.45) is 2.51. The molecule has 1 unspecified atom stereocenters. The molecule has 0 heterocycles. The van der Waals surface area contributed by atoms with Gasteiger partial charge in [-0.25, -0.2) is 0 Å². The van der Waals surface area contributed by atoms with E-state index >= 15 is 0 Å². The number of hydrogen-bond donors (Lipinski definition) is 1. The standard InChI is InChI=1S/C26H36N2O4.ClH/c1-19(2)26(18-27,21-9-11-23(30-4)25(17-21)32-6)13-7-14-28(3)15-12-20-8-10-22(29)24(16-20)31-5;/h8-11,16-17,19,29H,7,12-15H2,1-6H3;1H. The van der Waals surface area contributed by atoms with Crippen molar-refractivity contribution in [3.63, 3.8) is 0 Å². The molecule has 0 radical (unpaired) electrons. The van der Waals surface area contributed by atoms with Crippen LogP contribution in [0.25, 0.3) is 0 Å². The molecule has 7 heteroatoms. The van der Waals surface area contributed by atoms with Crippen LogP contribution >= 0.6 is 12.4 Å². The Bertz CT molecular complexity index is 929. The Morgan fingerprint density at radius 3 is 2.21 bits per heavy atom. The van der Waals surface area contributed by atoms with Crippen LogP contribution in [0.15, 0.2) is 36.4 Å². The van der Waals surface area contributed by atoms with Gasteiger partial charge >= 0.3 is 0 Å². The minimum absolute atomic E-state index is 0. The third-order valence-electron chi connectivity index (χ3n) is 6.22. The van der Waals surface area contributed by atoms with Crippen LogP contribution in [0.2, 0.25) is 0 Å². The van der Waals surface area contributed by atoms with E-state index in [2.05, 4.69) is 31.9 Å². The van der Waals surface area contributed by atoms with E-state index in [9.17, 15) is 10.4 Å². The van der Waals surface area contributed by atoms with Crippen molar-refractivity contribution in [2.75, 3.05) is 41.5 Å². The lowest BCUT2D eigenvalue weighted by Gasteiger charge is -2.32. The molecule has 182 valence electrons. The van der Waals surface area contributed by atoms with Gasteiger partial charge in [-0.15, -0.1) is 12.4 Å². The van der Waals surface area contributed by atoms with E-state index in [-0.39, 0.29) is 24.1 Å². The molecule has 0 fully saturated rings. The van der Waals surface area contributed by atoms with Crippen molar-refractivity contribution in [2.24, 2.45) is 5.92 Å². The molecule has 0 aliphatic rings. The smallest absolute Gasteiger partial charge is 0.161 e. The summed E-state index contributed by atoms with van der Waals surface area (Å²) in [5, 5.41) is 20.0. The Kier molecular flexibility index (Phi) is 11.3. The SMILES string of the molecule is COc1cc(CCN(C)CCCC(C#N)(c2ccc(OC)c(OC)c2)C(C)C)ccc1O.Cl. The maximum Gasteiger partial charge on any atom is 0.161 e. The number of nitriles is 1. The van der Waals surface area contributed by atoms with Crippen LogP contribution in [0, 0.1) is 17.2 Å². The molecule has 0 amide bonds. The zero-order valence-electron chi connectivity index (χ0n) is 20.6. The average molecular weight is 477 g/mol. The number of phenolic OH excluding ortho intramolecular Hbond substituents is 1. The van der Waals surface area contributed by atoms with Crippen molar-refractivity contribution in [2.45, 2.75) is 38.5 Å². The quantitative estimate of drug-likeness (QED) is 0.453. The van der Waals surface area contributed by atoms with E-state index in [0.717, 1.165) is 43.5 Å². The van der Waals surface area contributed by atoms with Crippen LogP contribution in [0.1, 0.15) is 37.8 Å². The highest BCUT2D eigenvalue weighted by molar-refractivity contribution is 5.85. The van der Waals surface area contributed by atoms with E-state index in [4.69, 9.17) is 14.2 Å². The van der Waals surface area contributed by atoms with Crippen LogP contribution in [0.3, 0.4) is 0 Å². The Labute approximate surface area is 204 Å². The maximum atomic E-state index is 10.2. The van der Waals surface area contributed by atoms with Crippen LogP contribution < -0.4 is 14.2 Å². The highest BCUT2D eigenvalue weighted by Crippen LogP contribution is 2.40. The summed E-state index contributed by atoms with van der Waals surface area (Å²) in [6.45, 7) is 5.97. The number of aromatic hydroxyl groups is 1. The van der Waals surface area contributed by atoms with Crippen LogP contribution in [0.5, 0.6) is 23.0 Å². The minimum Gasteiger partial charge on any atom is -0.504 e. The molecule has 33 heavy (non-hydrogen) atoms. The van der Waals surface area contributed by atoms with Gasteiger partial charge in [-0.3, -0.25) is 0 Å². The Morgan fingerprint density at radius 2 is 1.64 bits per heavy atom. The van der Waals surface area contributed by atoms with Gasteiger partial charge in [0.05, 0.1) is 32.8 Å². The van der Waals surface area contributed by atoms with Crippen molar-refractivity contribution >= 4 is 12.4 Å². The highest BCUT2D eigenvalue weighted by Gasteiger charge is 2.36. The van der Waals surface area contributed by atoms with Crippen molar-refractivity contribution < 1.29 is 19.3 Å². The van der Waals surface area contributed by atoms with Gasteiger partial charge in [0.1, 0.15) is 0 Å². The van der Waals surface area contributed by atoms with Crippen LogP contribution in [0.4, 0.5) is 0 Å². The first kappa shape index (κ1) is 28.4. The first-order chi connectivity index (χ1) is 15.3. The number of phenols is 1. The van der Waals surface area contributed by atoms with Crippen LogP contribution in [-0.4, -0.2) is 51.5 Å². The molecule has 0 aliphatic carbocycles. The molecule has 2 aromatic rings. The van der Waals surface area contributed by atoms with Gasteiger partial charge in [-0.05, 0) is 74.2 Å². The van der Waals surface area contributed by atoms with Gasteiger partial charge < -0.3 is 24.2 Å². The molecule has 6 nitrogen and oxygen atoms in total. The van der Waals surface area contributed by atoms with Crippen LogP contribution in [-0.2, 0) is 11.8 Å². The van der Waals surface area contributed by atoms with E-state index in [1.54, 1.807) is 27.4 Å². The van der Waals surface area contributed by atoms with Gasteiger partial charge in [0, 0.05) is 6.54 Å². The number of hydrogen-bond acceptors (Lipinski definition) is 6. The molecular weight excluding hydrogens is 440 g/mol. The first-order valence-electron chi connectivity index (χ1n) is 11.0. The van der Waals surface area contributed by atoms with E-state index < -0.39 is 5.41 Å². The summed E-state index contributed by atoms with van der Waals surface area (Å²) in [5.41, 5.74) is 1.49. The number of methoxy groups -OCH3 is 3. The number of likely N-dealkylation sites (N-methyl/N-ethyl adjacent to an activating group) is 1. The fourth-order valence-electron chi connectivity index (χ4n) is 4.07. The van der Waals surface area contributed by atoms with Gasteiger partial charge in [-0.2, -0.15) is 5.26 Å².